The van der Waals surface area contributed by atoms with Crippen molar-refractivity contribution in [1.82, 2.24) is 9.97 Å². The van der Waals surface area contributed by atoms with Gasteiger partial charge in [0.25, 0.3) is 0 Å². The van der Waals surface area contributed by atoms with Crippen molar-refractivity contribution in [3.05, 3.63) is 42.2 Å². The van der Waals surface area contributed by atoms with Crippen molar-refractivity contribution in [2.45, 2.75) is 143 Å². The lowest BCUT2D eigenvalue weighted by atomic mass is 9.97. The quantitative estimate of drug-likeness (QED) is 0.135. The summed E-state index contributed by atoms with van der Waals surface area (Å²) in [6, 6.07) is 7.83. The molecule has 0 radical (unpaired) electrons. The van der Waals surface area contributed by atoms with E-state index in [0.717, 1.165) is 36.4 Å². The highest BCUT2D eigenvalue weighted by molar-refractivity contribution is 5.55. The molecule has 2 atom stereocenters. The molecule has 0 fully saturated rings. The number of halogens is 1. The number of aryl methyl sites for hydroxylation is 1. The molecule has 4 heteroatoms. The van der Waals surface area contributed by atoms with Gasteiger partial charge in [0, 0.05) is 24.4 Å². The van der Waals surface area contributed by atoms with E-state index in [1.54, 1.807) is 0 Å². The molecule has 38 heavy (non-hydrogen) atoms. The van der Waals surface area contributed by atoms with E-state index in [9.17, 15) is 4.39 Å². The lowest BCUT2D eigenvalue weighted by Gasteiger charge is -2.13. The van der Waals surface area contributed by atoms with Gasteiger partial charge in [-0.15, -0.1) is 0 Å². The maximum Gasteiger partial charge on any atom is 0.159 e. The van der Waals surface area contributed by atoms with Crippen LogP contribution in [0.3, 0.4) is 0 Å². The molecule has 0 aliphatic heterocycles. The minimum absolute atomic E-state index is 0.413. The first kappa shape index (κ1) is 32.2. The molecule has 1 aromatic carbocycles. The van der Waals surface area contributed by atoms with Crippen molar-refractivity contribution in [2.24, 2.45) is 5.92 Å². The van der Waals surface area contributed by atoms with E-state index in [1.807, 2.05) is 36.7 Å². The van der Waals surface area contributed by atoms with Crippen LogP contribution in [0.15, 0.2) is 36.7 Å². The zero-order chi connectivity index (χ0) is 27.3. The Bertz CT molecular complexity index is 808. The fourth-order valence-electron chi connectivity index (χ4n) is 4.98. The first-order chi connectivity index (χ1) is 18.6. The number of unbranched alkanes of at least 4 members (excludes halogenated alkanes) is 10. The summed E-state index contributed by atoms with van der Waals surface area (Å²) < 4.78 is 20.0. The number of rotatable bonds is 23. The maximum absolute atomic E-state index is 14.2. The summed E-state index contributed by atoms with van der Waals surface area (Å²) >= 11 is 0. The van der Waals surface area contributed by atoms with Gasteiger partial charge in [-0.3, -0.25) is 0 Å². The maximum atomic E-state index is 14.2. The molecule has 1 heterocycles. The summed E-state index contributed by atoms with van der Waals surface area (Å²) in [5, 5.41) is 0. The Balaban J connectivity index is 1.58. The molecule has 0 spiro atoms. The lowest BCUT2D eigenvalue weighted by molar-refractivity contribution is 0.220. The largest absolute Gasteiger partial charge is 0.493 e. The van der Waals surface area contributed by atoms with E-state index in [2.05, 4.69) is 30.7 Å². The Morgan fingerprint density at radius 1 is 0.684 bits per heavy atom. The van der Waals surface area contributed by atoms with Crippen molar-refractivity contribution in [3.8, 4) is 17.1 Å². The zero-order valence-corrected chi connectivity index (χ0v) is 24.7. The van der Waals surface area contributed by atoms with Crippen molar-refractivity contribution in [3.63, 3.8) is 0 Å². The number of hydrogen-bond acceptors (Lipinski definition) is 3. The van der Waals surface area contributed by atoms with Gasteiger partial charge in [0.15, 0.2) is 5.82 Å². The van der Waals surface area contributed by atoms with E-state index < -0.39 is 6.17 Å². The topological polar surface area (TPSA) is 35.0 Å². The number of benzene rings is 1. The van der Waals surface area contributed by atoms with Gasteiger partial charge in [-0.1, -0.05) is 111 Å². The van der Waals surface area contributed by atoms with Gasteiger partial charge < -0.3 is 4.74 Å². The van der Waals surface area contributed by atoms with Crippen molar-refractivity contribution < 1.29 is 9.13 Å². The molecule has 2 unspecified atom stereocenters. The minimum atomic E-state index is -0.778. The smallest absolute Gasteiger partial charge is 0.159 e. The standard InChI is InChI=1S/C34H55FN2O/c1-4-6-8-9-10-11-12-13-14-15-19-30-27-36-34(37-28-30)31-21-23-33(24-22-31)38-26-25-32(35)20-16-18-29(3)17-7-5-2/h21-24,27-29,32H,4-20,25-26H2,1-3H3. The van der Waals surface area contributed by atoms with Crippen LogP contribution in [0.4, 0.5) is 4.39 Å². The van der Waals surface area contributed by atoms with Crippen LogP contribution >= 0.6 is 0 Å². The molecule has 0 N–H and O–H groups in total. The molecular formula is C34H55FN2O. The molecule has 0 amide bonds. The van der Waals surface area contributed by atoms with Crippen LogP contribution in [-0.2, 0) is 6.42 Å². The highest BCUT2D eigenvalue weighted by atomic mass is 19.1. The second kappa shape index (κ2) is 20.9. The average Bonchev–Trinajstić information content (AvgIpc) is 2.93. The zero-order valence-electron chi connectivity index (χ0n) is 24.7. The van der Waals surface area contributed by atoms with Gasteiger partial charge in [-0.2, -0.15) is 0 Å². The molecule has 0 saturated carbocycles. The van der Waals surface area contributed by atoms with Crippen LogP contribution in [0.1, 0.15) is 135 Å². The van der Waals surface area contributed by atoms with E-state index >= 15 is 0 Å². The van der Waals surface area contributed by atoms with Crippen molar-refractivity contribution >= 4 is 0 Å². The normalized spacial score (nSPS) is 12.9. The first-order valence-electron chi connectivity index (χ1n) is 15.8. The summed E-state index contributed by atoms with van der Waals surface area (Å²) in [5.41, 5.74) is 2.19. The molecular weight excluding hydrogens is 471 g/mol. The van der Waals surface area contributed by atoms with E-state index in [4.69, 9.17) is 4.74 Å². The number of aromatic nitrogens is 2. The lowest BCUT2D eigenvalue weighted by Crippen LogP contribution is -2.08. The number of nitrogens with zero attached hydrogens (tertiary/aromatic N) is 2. The average molecular weight is 527 g/mol. The second-order valence-corrected chi connectivity index (χ2v) is 11.3. The Labute approximate surface area is 233 Å². The third-order valence-corrected chi connectivity index (χ3v) is 7.60. The molecule has 2 aromatic rings. The van der Waals surface area contributed by atoms with Crippen LogP contribution in [0, 0.1) is 5.92 Å². The van der Waals surface area contributed by atoms with E-state index in [1.165, 1.54) is 89.0 Å². The number of ether oxygens (including phenoxy) is 1. The van der Waals surface area contributed by atoms with E-state index in [-0.39, 0.29) is 0 Å². The molecule has 0 aliphatic rings. The molecule has 0 saturated heterocycles. The monoisotopic (exact) mass is 526 g/mol. The van der Waals surface area contributed by atoms with Crippen LogP contribution < -0.4 is 4.74 Å². The third kappa shape index (κ3) is 14.8. The van der Waals surface area contributed by atoms with Gasteiger partial charge in [-0.05, 0) is 55.0 Å². The summed E-state index contributed by atoms with van der Waals surface area (Å²) in [6.07, 6.45) is 24.7. The summed E-state index contributed by atoms with van der Waals surface area (Å²) in [4.78, 5) is 9.17. The SMILES string of the molecule is CCCCCCCCCCCCc1cnc(-c2ccc(OCCC(F)CCCC(C)CCCC)cc2)nc1. The highest BCUT2D eigenvalue weighted by Gasteiger charge is 2.09. The Hall–Kier alpha value is -1.97. The highest BCUT2D eigenvalue weighted by Crippen LogP contribution is 2.21. The van der Waals surface area contributed by atoms with Crippen LogP contribution in [0.5, 0.6) is 5.75 Å². The Kier molecular flexibility index (Phi) is 17.8. The predicted octanol–water partition coefficient (Wildman–Crippen LogP) is 10.7. The Morgan fingerprint density at radius 2 is 1.26 bits per heavy atom. The van der Waals surface area contributed by atoms with E-state index in [0.29, 0.717) is 25.4 Å². The fraction of sp³-hybridized carbons (Fsp3) is 0.706. The van der Waals surface area contributed by atoms with Crippen molar-refractivity contribution in [1.29, 1.82) is 0 Å². The van der Waals surface area contributed by atoms with Crippen LogP contribution in [0.25, 0.3) is 11.4 Å². The molecule has 2 rings (SSSR count). The number of alkyl halides is 1. The molecule has 214 valence electrons. The first-order valence-corrected chi connectivity index (χ1v) is 15.8. The molecule has 0 aliphatic carbocycles. The predicted molar refractivity (Wildman–Crippen MR) is 161 cm³/mol. The van der Waals surface area contributed by atoms with Gasteiger partial charge in [0.2, 0.25) is 0 Å². The molecule has 3 nitrogen and oxygen atoms in total. The number of hydrogen-bond donors (Lipinski definition) is 0. The third-order valence-electron chi connectivity index (χ3n) is 7.60. The van der Waals surface area contributed by atoms with Crippen molar-refractivity contribution in [2.75, 3.05) is 6.61 Å². The van der Waals surface area contributed by atoms with Gasteiger partial charge >= 0.3 is 0 Å². The van der Waals surface area contributed by atoms with Gasteiger partial charge in [0.05, 0.1) is 6.61 Å². The van der Waals surface area contributed by atoms with Crippen LogP contribution in [0.2, 0.25) is 0 Å². The minimum Gasteiger partial charge on any atom is -0.493 e. The van der Waals surface area contributed by atoms with Gasteiger partial charge in [-0.25, -0.2) is 14.4 Å². The Morgan fingerprint density at radius 3 is 1.89 bits per heavy atom. The summed E-state index contributed by atoms with van der Waals surface area (Å²) in [7, 11) is 0. The summed E-state index contributed by atoms with van der Waals surface area (Å²) in [5.74, 6) is 2.22. The summed E-state index contributed by atoms with van der Waals surface area (Å²) in [6.45, 7) is 7.20. The van der Waals surface area contributed by atoms with Gasteiger partial charge in [0.1, 0.15) is 11.9 Å². The molecule has 1 aromatic heterocycles. The molecule has 0 bridgehead atoms. The fourth-order valence-corrected chi connectivity index (χ4v) is 4.98. The van der Waals surface area contributed by atoms with Crippen LogP contribution in [-0.4, -0.2) is 22.7 Å². The second-order valence-electron chi connectivity index (χ2n) is 11.3.